The Morgan fingerprint density at radius 3 is 2.58 bits per heavy atom. The molecule has 72 valence electrons. The molecule has 0 amide bonds. The average Bonchev–Trinajstić information content (AvgIpc) is 2.15. The summed E-state index contributed by atoms with van der Waals surface area (Å²) in [6.45, 7) is 3.16. The summed E-state index contributed by atoms with van der Waals surface area (Å²) in [5.41, 5.74) is -0.907. The van der Waals surface area contributed by atoms with Crippen molar-refractivity contribution in [3.63, 3.8) is 0 Å². The van der Waals surface area contributed by atoms with Gasteiger partial charge >= 0.3 is 5.97 Å². The molecular formula is C6H12O5S. The van der Waals surface area contributed by atoms with E-state index < -0.39 is 22.3 Å². The van der Waals surface area contributed by atoms with Crippen LogP contribution in [0.5, 0.6) is 0 Å². The molecule has 1 heterocycles. The van der Waals surface area contributed by atoms with Gasteiger partial charge < -0.3 is 13.8 Å². The maximum Gasteiger partial charge on any atom is 0.303 e. The van der Waals surface area contributed by atoms with Crippen LogP contribution in [0, 0.1) is 5.92 Å². The largest absolute Gasteiger partial charge is 0.446 e. The van der Waals surface area contributed by atoms with Crippen LogP contribution in [-0.2, 0) is 13.7 Å². The summed E-state index contributed by atoms with van der Waals surface area (Å²) in [6, 6.07) is 0. The first-order valence-electron chi connectivity index (χ1n) is 3.52. The van der Waals surface area contributed by atoms with E-state index in [1.807, 2.05) is 0 Å². The quantitative estimate of drug-likeness (QED) is 0.616. The van der Waals surface area contributed by atoms with Crippen LogP contribution in [0.1, 0.15) is 13.8 Å². The predicted molar refractivity (Wildman–Crippen MR) is 43.5 cm³/mol. The van der Waals surface area contributed by atoms with Gasteiger partial charge in [-0.1, -0.05) is 6.92 Å². The van der Waals surface area contributed by atoms with Gasteiger partial charge in [0.15, 0.2) is 0 Å². The molecule has 0 spiro atoms. The number of ether oxygens (including phenoxy) is 1. The van der Waals surface area contributed by atoms with Crippen molar-refractivity contribution in [2.24, 2.45) is 5.92 Å². The lowest BCUT2D eigenvalue weighted by Crippen LogP contribution is -2.24. The zero-order chi connectivity index (χ0) is 9.35. The van der Waals surface area contributed by atoms with Crippen molar-refractivity contribution in [1.29, 1.82) is 0 Å². The highest BCUT2D eigenvalue weighted by Crippen LogP contribution is 2.54. The SMILES string of the molecule is CC(=O)OC1C(C)COS1(O)O. The first-order valence-corrected chi connectivity index (χ1v) is 5.05. The number of hydrogen-bond acceptors (Lipinski definition) is 5. The number of carbonyl (C=O) groups excluding carboxylic acids is 1. The minimum absolute atomic E-state index is 0.168. The van der Waals surface area contributed by atoms with Crippen LogP contribution in [0.25, 0.3) is 0 Å². The minimum Gasteiger partial charge on any atom is -0.446 e. The second kappa shape index (κ2) is 3.21. The van der Waals surface area contributed by atoms with E-state index in [1.54, 1.807) is 6.92 Å². The standard InChI is InChI=1S/C6H12O5S/c1-4-3-10-12(8,9)6(4)11-5(2)7/h4,6,8-9H,3H2,1-2H3. The highest BCUT2D eigenvalue weighted by atomic mass is 32.3. The van der Waals surface area contributed by atoms with Gasteiger partial charge in [-0.25, -0.2) is 0 Å². The molecule has 1 rings (SSSR count). The second-order valence-electron chi connectivity index (χ2n) is 2.78. The van der Waals surface area contributed by atoms with Gasteiger partial charge in [0.1, 0.15) is 10.9 Å². The molecule has 12 heavy (non-hydrogen) atoms. The lowest BCUT2D eigenvalue weighted by atomic mass is 10.2. The van der Waals surface area contributed by atoms with Crippen molar-refractivity contribution in [2.75, 3.05) is 6.61 Å². The van der Waals surface area contributed by atoms with Crippen molar-refractivity contribution in [3.8, 4) is 0 Å². The van der Waals surface area contributed by atoms with E-state index in [2.05, 4.69) is 4.18 Å². The summed E-state index contributed by atoms with van der Waals surface area (Å²) in [4.78, 5) is 10.5. The third-order valence-corrected chi connectivity index (χ3v) is 3.20. The smallest absolute Gasteiger partial charge is 0.303 e. The fraction of sp³-hybridized carbons (Fsp3) is 0.833. The number of esters is 1. The molecule has 0 aromatic heterocycles. The molecule has 1 saturated heterocycles. The summed E-state index contributed by atoms with van der Waals surface area (Å²) in [5, 5.41) is 0. The molecule has 0 saturated carbocycles. The van der Waals surface area contributed by atoms with Crippen LogP contribution in [0.4, 0.5) is 0 Å². The highest BCUT2D eigenvalue weighted by Gasteiger charge is 2.44. The van der Waals surface area contributed by atoms with Gasteiger partial charge in [0, 0.05) is 12.8 Å². The van der Waals surface area contributed by atoms with E-state index >= 15 is 0 Å². The van der Waals surface area contributed by atoms with Crippen molar-refractivity contribution < 1.29 is 22.8 Å². The van der Waals surface area contributed by atoms with Gasteiger partial charge in [0.05, 0.1) is 6.61 Å². The molecule has 2 N–H and O–H groups in total. The summed E-state index contributed by atoms with van der Waals surface area (Å²) < 4.78 is 27.8. The van der Waals surface area contributed by atoms with Gasteiger partial charge in [-0.05, 0) is 0 Å². The summed E-state index contributed by atoms with van der Waals surface area (Å²) in [6.07, 6.45) is 0. The topological polar surface area (TPSA) is 76.0 Å². The van der Waals surface area contributed by atoms with Crippen LogP contribution < -0.4 is 0 Å². The fourth-order valence-corrected chi connectivity index (χ4v) is 2.49. The molecule has 1 aliphatic rings. The van der Waals surface area contributed by atoms with Crippen molar-refractivity contribution in [2.45, 2.75) is 19.3 Å². The Balaban J connectivity index is 2.65. The first kappa shape index (κ1) is 9.79. The molecule has 0 radical (unpaired) electrons. The molecule has 0 aliphatic carbocycles. The maximum absolute atomic E-state index is 10.5. The molecule has 0 aromatic carbocycles. The van der Waals surface area contributed by atoms with Gasteiger partial charge in [-0.2, -0.15) is 0 Å². The number of carbonyl (C=O) groups is 1. The lowest BCUT2D eigenvalue weighted by Gasteiger charge is -2.27. The van der Waals surface area contributed by atoms with Crippen molar-refractivity contribution >= 4 is 16.8 Å². The van der Waals surface area contributed by atoms with Crippen LogP contribution in [0.2, 0.25) is 0 Å². The Morgan fingerprint density at radius 1 is 1.67 bits per heavy atom. The maximum atomic E-state index is 10.5. The van der Waals surface area contributed by atoms with Crippen LogP contribution in [-0.4, -0.2) is 27.1 Å². The van der Waals surface area contributed by atoms with Crippen LogP contribution in [0.3, 0.4) is 0 Å². The van der Waals surface area contributed by atoms with Gasteiger partial charge in [-0.3, -0.25) is 8.98 Å². The van der Waals surface area contributed by atoms with Crippen LogP contribution in [0.15, 0.2) is 0 Å². The van der Waals surface area contributed by atoms with E-state index in [0.717, 1.165) is 0 Å². The normalized spacial score (nSPS) is 36.0. The lowest BCUT2D eigenvalue weighted by molar-refractivity contribution is -0.144. The molecule has 0 aromatic rings. The third kappa shape index (κ3) is 1.89. The van der Waals surface area contributed by atoms with Crippen LogP contribution >= 0.6 is 10.9 Å². The van der Waals surface area contributed by atoms with Gasteiger partial charge in [-0.15, -0.1) is 0 Å². The second-order valence-corrected chi connectivity index (χ2v) is 4.55. The predicted octanol–water partition coefficient (Wildman–Crippen LogP) is 1.21. The van der Waals surface area contributed by atoms with E-state index in [9.17, 15) is 13.9 Å². The fourth-order valence-electron chi connectivity index (χ4n) is 0.998. The molecule has 0 bridgehead atoms. The minimum atomic E-state index is -3.17. The summed E-state index contributed by atoms with van der Waals surface area (Å²) >= 11 is 0. The Hall–Kier alpha value is -0.300. The summed E-state index contributed by atoms with van der Waals surface area (Å²) in [7, 11) is -3.17. The monoisotopic (exact) mass is 196 g/mol. The molecule has 1 fully saturated rings. The zero-order valence-corrected chi connectivity index (χ0v) is 7.71. The van der Waals surface area contributed by atoms with E-state index in [4.69, 9.17) is 4.74 Å². The van der Waals surface area contributed by atoms with E-state index in [-0.39, 0.29) is 12.5 Å². The van der Waals surface area contributed by atoms with Crippen molar-refractivity contribution in [1.82, 2.24) is 0 Å². The molecule has 6 heteroatoms. The Labute approximate surface area is 72.2 Å². The Bertz CT molecular complexity index is 192. The molecular weight excluding hydrogens is 184 g/mol. The number of rotatable bonds is 1. The van der Waals surface area contributed by atoms with Gasteiger partial charge in [0.25, 0.3) is 0 Å². The van der Waals surface area contributed by atoms with Crippen molar-refractivity contribution in [3.05, 3.63) is 0 Å². The summed E-state index contributed by atoms with van der Waals surface area (Å²) in [5.74, 6) is -0.698. The Kier molecular flexibility index (Phi) is 2.62. The van der Waals surface area contributed by atoms with Gasteiger partial charge in [0.2, 0.25) is 5.44 Å². The molecule has 2 atom stereocenters. The zero-order valence-electron chi connectivity index (χ0n) is 6.89. The van der Waals surface area contributed by atoms with E-state index in [0.29, 0.717) is 0 Å². The Morgan fingerprint density at radius 2 is 2.25 bits per heavy atom. The molecule has 5 nitrogen and oxygen atoms in total. The first-order chi connectivity index (χ1) is 5.43. The number of hydrogen-bond donors (Lipinski definition) is 2. The average molecular weight is 196 g/mol. The third-order valence-electron chi connectivity index (χ3n) is 1.55. The molecule has 2 unspecified atom stereocenters. The highest BCUT2D eigenvalue weighted by molar-refractivity contribution is 8.20. The molecule has 1 aliphatic heterocycles. The van der Waals surface area contributed by atoms with E-state index in [1.165, 1.54) is 6.92 Å².